The number of amides is 4. The zero-order chi connectivity index (χ0) is 21.8. The van der Waals surface area contributed by atoms with E-state index >= 15 is 0 Å². The van der Waals surface area contributed by atoms with E-state index in [0.29, 0.717) is 56.3 Å². The number of carbonyl (C=O) groups is 3. The van der Waals surface area contributed by atoms with Gasteiger partial charge in [0.25, 0.3) is 0 Å². The molecule has 2 fully saturated rings. The zero-order valence-corrected chi connectivity index (χ0v) is 17.8. The molecule has 31 heavy (non-hydrogen) atoms. The van der Waals surface area contributed by atoms with Crippen LogP contribution in [0.3, 0.4) is 0 Å². The standard InChI is InChI=1S/C22H24ClN5O3/c23-16-4-6-17(7-5-16)25-22(31)26-11-8-19(9-12-26)28-14-13-27(20(29)21(28)30)15-18-3-1-2-10-24-18/h1-7,10,19H,8-9,11-15H2,(H,25,31). The lowest BCUT2D eigenvalue weighted by Gasteiger charge is -2.42. The van der Waals surface area contributed by atoms with Gasteiger partial charge >= 0.3 is 17.8 Å². The SMILES string of the molecule is O=C(Nc1ccc(Cl)cc1)N1CCC(N2CCN(Cc3ccccn3)C(=O)C2=O)CC1. The fourth-order valence-corrected chi connectivity index (χ4v) is 4.12. The molecule has 2 aliphatic rings. The Balaban J connectivity index is 1.29. The molecule has 0 atom stereocenters. The molecule has 3 heterocycles. The molecule has 0 aliphatic carbocycles. The Kier molecular flexibility index (Phi) is 6.36. The van der Waals surface area contributed by atoms with E-state index in [9.17, 15) is 14.4 Å². The Bertz CT molecular complexity index is 945. The summed E-state index contributed by atoms with van der Waals surface area (Å²) in [5.41, 5.74) is 1.44. The van der Waals surface area contributed by atoms with Crippen molar-refractivity contribution in [3.63, 3.8) is 0 Å². The normalized spacial score (nSPS) is 17.8. The number of pyridine rings is 1. The average molecular weight is 442 g/mol. The Hall–Kier alpha value is -3.13. The van der Waals surface area contributed by atoms with Gasteiger partial charge in [-0.25, -0.2) is 4.79 Å². The summed E-state index contributed by atoms with van der Waals surface area (Å²) in [5.74, 6) is -0.953. The molecule has 2 aliphatic heterocycles. The molecule has 0 bridgehead atoms. The summed E-state index contributed by atoms with van der Waals surface area (Å²) in [6, 6.07) is 12.3. The lowest BCUT2D eigenvalue weighted by Crippen LogP contribution is -2.59. The van der Waals surface area contributed by atoms with Crippen LogP contribution in [0.25, 0.3) is 0 Å². The molecule has 2 saturated heterocycles. The van der Waals surface area contributed by atoms with Gasteiger partial charge in [0.1, 0.15) is 0 Å². The van der Waals surface area contributed by atoms with E-state index in [1.165, 1.54) is 0 Å². The molecule has 1 aromatic carbocycles. The Morgan fingerprint density at radius 1 is 1.00 bits per heavy atom. The quantitative estimate of drug-likeness (QED) is 0.739. The minimum atomic E-state index is -0.486. The van der Waals surface area contributed by atoms with Gasteiger partial charge in [0.05, 0.1) is 12.2 Å². The van der Waals surface area contributed by atoms with Crippen LogP contribution in [-0.2, 0) is 16.1 Å². The monoisotopic (exact) mass is 441 g/mol. The van der Waals surface area contributed by atoms with Crippen LogP contribution in [0.15, 0.2) is 48.7 Å². The van der Waals surface area contributed by atoms with Crippen molar-refractivity contribution in [3.8, 4) is 0 Å². The molecule has 2 aromatic rings. The first kappa shape index (κ1) is 21.1. The topological polar surface area (TPSA) is 85.8 Å². The highest BCUT2D eigenvalue weighted by Crippen LogP contribution is 2.21. The number of anilines is 1. The molecule has 4 amide bonds. The summed E-state index contributed by atoms with van der Waals surface area (Å²) in [7, 11) is 0. The van der Waals surface area contributed by atoms with E-state index in [-0.39, 0.29) is 12.1 Å². The Labute approximate surface area is 185 Å². The number of rotatable bonds is 4. The van der Waals surface area contributed by atoms with Crippen LogP contribution < -0.4 is 5.32 Å². The smallest absolute Gasteiger partial charge is 0.321 e. The van der Waals surface area contributed by atoms with Gasteiger partial charge in [-0.2, -0.15) is 0 Å². The van der Waals surface area contributed by atoms with Gasteiger partial charge in [0, 0.05) is 49.1 Å². The number of likely N-dealkylation sites (tertiary alicyclic amines) is 1. The van der Waals surface area contributed by atoms with Crippen molar-refractivity contribution in [2.75, 3.05) is 31.5 Å². The zero-order valence-electron chi connectivity index (χ0n) is 17.0. The van der Waals surface area contributed by atoms with Crippen molar-refractivity contribution in [1.82, 2.24) is 19.7 Å². The molecule has 1 N–H and O–H groups in total. The summed E-state index contributed by atoms with van der Waals surface area (Å²) >= 11 is 5.87. The summed E-state index contributed by atoms with van der Waals surface area (Å²) in [6.45, 7) is 2.37. The lowest BCUT2D eigenvalue weighted by atomic mass is 10.0. The molecule has 0 radical (unpaired) electrons. The number of piperazine rings is 1. The maximum absolute atomic E-state index is 12.7. The van der Waals surface area contributed by atoms with Crippen LogP contribution in [0.4, 0.5) is 10.5 Å². The summed E-state index contributed by atoms with van der Waals surface area (Å²) in [6.07, 6.45) is 2.97. The first-order valence-electron chi connectivity index (χ1n) is 10.3. The largest absolute Gasteiger partial charge is 0.330 e. The van der Waals surface area contributed by atoms with E-state index in [4.69, 9.17) is 11.6 Å². The van der Waals surface area contributed by atoms with Crippen LogP contribution in [-0.4, -0.2) is 69.8 Å². The summed E-state index contributed by atoms with van der Waals surface area (Å²) in [4.78, 5) is 47.0. The Morgan fingerprint density at radius 3 is 2.42 bits per heavy atom. The van der Waals surface area contributed by atoms with Gasteiger partial charge in [-0.15, -0.1) is 0 Å². The summed E-state index contributed by atoms with van der Waals surface area (Å²) < 4.78 is 0. The van der Waals surface area contributed by atoms with Crippen LogP contribution in [0.5, 0.6) is 0 Å². The maximum atomic E-state index is 12.7. The van der Waals surface area contributed by atoms with Crippen LogP contribution in [0.1, 0.15) is 18.5 Å². The predicted octanol–water partition coefficient (Wildman–Crippen LogP) is 2.60. The molecule has 4 rings (SSSR count). The van der Waals surface area contributed by atoms with Crippen molar-refractivity contribution in [2.24, 2.45) is 0 Å². The number of piperidine rings is 1. The highest BCUT2D eigenvalue weighted by Gasteiger charge is 2.38. The molecule has 0 unspecified atom stereocenters. The van der Waals surface area contributed by atoms with Crippen molar-refractivity contribution in [1.29, 1.82) is 0 Å². The van der Waals surface area contributed by atoms with Gasteiger partial charge in [0.2, 0.25) is 0 Å². The summed E-state index contributed by atoms with van der Waals surface area (Å²) in [5, 5.41) is 3.47. The molecule has 0 spiro atoms. The predicted molar refractivity (Wildman–Crippen MR) is 116 cm³/mol. The molecule has 9 heteroatoms. The first-order valence-corrected chi connectivity index (χ1v) is 10.7. The van der Waals surface area contributed by atoms with E-state index < -0.39 is 11.8 Å². The molecule has 1 aromatic heterocycles. The third kappa shape index (κ3) is 4.96. The van der Waals surface area contributed by atoms with Gasteiger partial charge in [-0.3, -0.25) is 14.6 Å². The number of benzene rings is 1. The second-order valence-corrected chi connectivity index (χ2v) is 8.14. The number of nitrogens with one attached hydrogen (secondary N) is 1. The van der Waals surface area contributed by atoms with E-state index in [1.807, 2.05) is 18.2 Å². The van der Waals surface area contributed by atoms with Crippen molar-refractivity contribution in [3.05, 3.63) is 59.4 Å². The third-order valence-electron chi connectivity index (χ3n) is 5.71. The second kappa shape index (κ2) is 9.34. The number of hydrogen-bond acceptors (Lipinski definition) is 4. The Morgan fingerprint density at radius 2 is 1.74 bits per heavy atom. The lowest BCUT2D eigenvalue weighted by molar-refractivity contribution is -0.158. The number of hydrogen-bond donors (Lipinski definition) is 1. The first-order chi connectivity index (χ1) is 15.0. The van der Waals surface area contributed by atoms with Crippen LogP contribution in [0, 0.1) is 0 Å². The molecule has 8 nitrogen and oxygen atoms in total. The number of carbonyl (C=O) groups excluding carboxylic acids is 3. The number of aromatic nitrogens is 1. The fraction of sp³-hybridized carbons (Fsp3) is 0.364. The molecule has 0 saturated carbocycles. The number of halogens is 1. The highest BCUT2D eigenvalue weighted by atomic mass is 35.5. The van der Waals surface area contributed by atoms with Gasteiger partial charge in [0.15, 0.2) is 0 Å². The number of nitrogens with zero attached hydrogens (tertiary/aromatic N) is 4. The number of urea groups is 1. The highest BCUT2D eigenvalue weighted by molar-refractivity contribution is 6.35. The average Bonchev–Trinajstić information content (AvgIpc) is 2.79. The van der Waals surface area contributed by atoms with Crippen molar-refractivity contribution in [2.45, 2.75) is 25.4 Å². The van der Waals surface area contributed by atoms with Crippen molar-refractivity contribution < 1.29 is 14.4 Å². The minimum Gasteiger partial charge on any atom is -0.330 e. The second-order valence-electron chi connectivity index (χ2n) is 7.70. The molecular weight excluding hydrogens is 418 g/mol. The fourth-order valence-electron chi connectivity index (χ4n) is 3.99. The minimum absolute atomic E-state index is 0.0342. The van der Waals surface area contributed by atoms with Gasteiger partial charge < -0.3 is 20.0 Å². The van der Waals surface area contributed by atoms with Crippen LogP contribution in [0.2, 0.25) is 5.02 Å². The van der Waals surface area contributed by atoms with E-state index in [1.54, 1.807) is 45.2 Å². The molecule has 162 valence electrons. The maximum Gasteiger partial charge on any atom is 0.321 e. The van der Waals surface area contributed by atoms with E-state index in [2.05, 4.69) is 10.3 Å². The van der Waals surface area contributed by atoms with Crippen molar-refractivity contribution >= 4 is 35.1 Å². The van der Waals surface area contributed by atoms with Gasteiger partial charge in [-0.05, 0) is 49.2 Å². The van der Waals surface area contributed by atoms with Gasteiger partial charge in [-0.1, -0.05) is 17.7 Å². The van der Waals surface area contributed by atoms with E-state index in [0.717, 1.165) is 5.69 Å². The molecular formula is C22H24ClN5O3. The van der Waals surface area contributed by atoms with Crippen LogP contribution >= 0.6 is 11.6 Å². The third-order valence-corrected chi connectivity index (χ3v) is 5.96.